The number of rotatable bonds is 3. The molecule has 1 saturated heterocycles. The van der Waals surface area contributed by atoms with E-state index in [1.54, 1.807) is 0 Å². The Morgan fingerprint density at radius 3 is 2.51 bits per heavy atom. The smallest absolute Gasteiger partial charge is 0.365 e. The zero-order chi connectivity index (χ0) is 26.8. The summed E-state index contributed by atoms with van der Waals surface area (Å²) in [5.41, 5.74) is 1.28. The molecule has 10 heteroatoms. The molecule has 0 bridgehead atoms. The largest absolute Gasteiger partial charge is 0.416 e. The zero-order valence-electron chi connectivity index (χ0n) is 21.4. The van der Waals surface area contributed by atoms with Gasteiger partial charge in [0, 0.05) is 26.1 Å². The number of piperazine rings is 1. The molecule has 1 atom stereocenters. The van der Waals surface area contributed by atoms with Crippen molar-refractivity contribution in [2.75, 3.05) is 35.4 Å². The van der Waals surface area contributed by atoms with Gasteiger partial charge >= 0.3 is 6.18 Å². The average molecular weight is 536 g/mol. The fourth-order valence-corrected chi connectivity index (χ4v) is 7.33. The summed E-state index contributed by atoms with van der Waals surface area (Å²) in [5, 5.41) is 3.30. The number of benzene rings is 2. The first-order chi connectivity index (χ1) is 17.2. The van der Waals surface area contributed by atoms with Crippen molar-refractivity contribution in [3.8, 4) is 0 Å². The van der Waals surface area contributed by atoms with Crippen LogP contribution in [-0.4, -0.2) is 51.8 Å². The summed E-state index contributed by atoms with van der Waals surface area (Å²) in [6.07, 6.45) is -1.94. The number of alkyl halides is 3. The Hall–Kier alpha value is -2.56. The molecule has 0 unspecified atom stereocenters. The maximum atomic E-state index is 13.9. The van der Waals surface area contributed by atoms with Gasteiger partial charge in [-0.15, -0.1) is 0 Å². The molecule has 0 aromatic heterocycles. The van der Waals surface area contributed by atoms with E-state index < -0.39 is 33.0 Å². The molecule has 3 aliphatic heterocycles. The number of nitrogens with one attached hydrogen (secondary N) is 1. The number of anilines is 2. The lowest BCUT2D eigenvalue weighted by Gasteiger charge is -2.46. The molecule has 1 fully saturated rings. The Morgan fingerprint density at radius 2 is 1.81 bits per heavy atom. The fourth-order valence-electron chi connectivity index (χ4n) is 5.78. The van der Waals surface area contributed by atoms with Gasteiger partial charge in [0.05, 0.1) is 45.6 Å². The molecule has 37 heavy (non-hydrogen) atoms. The predicted octanol–water partition coefficient (Wildman–Crippen LogP) is 5.05. The number of fused-ring (bicyclic) bond motifs is 3. The maximum absolute atomic E-state index is 13.9. The van der Waals surface area contributed by atoms with E-state index >= 15 is 0 Å². The highest BCUT2D eigenvalue weighted by atomic mass is 32.2. The molecule has 2 aromatic carbocycles. The predicted molar refractivity (Wildman–Crippen MR) is 138 cm³/mol. The monoisotopic (exact) mass is 535 g/mol. The lowest BCUT2D eigenvalue weighted by molar-refractivity contribution is -0.137. The number of hydrogen-bond donors (Lipinski definition) is 1. The molecule has 6 nitrogen and oxygen atoms in total. The van der Waals surface area contributed by atoms with Crippen molar-refractivity contribution in [3.63, 3.8) is 0 Å². The summed E-state index contributed by atoms with van der Waals surface area (Å²) in [7, 11) is -4.27. The Kier molecular flexibility index (Phi) is 6.16. The van der Waals surface area contributed by atoms with Gasteiger partial charge in [-0.2, -0.15) is 13.2 Å². The highest BCUT2D eigenvalue weighted by molar-refractivity contribution is 7.92. The van der Waals surface area contributed by atoms with Crippen LogP contribution in [0.1, 0.15) is 45.2 Å². The number of sulfonamides is 1. The van der Waals surface area contributed by atoms with Crippen LogP contribution in [0.5, 0.6) is 0 Å². The average Bonchev–Trinajstić information content (AvgIpc) is 2.80. The van der Waals surface area contributed by atoms with Crippen LogP contribution < -0.4 is 14.5 Å². The van der Waals surface area contributed by atoms with Gasteiger partial charge in [-0.3, -0.25) is 4.31 Å². The molecule has 200 valence electrons. The number of halogens is 3. The van der Waals surface area contributed by atoms with Crippen molar-refractivity contribution in [1.29, 1.82) is 0 Å². The fraction of sp³-hybridized carbons (Fsp3) is 0.481. The van der Waals surface area contributed by atoms with Gasteiger partial charge in [-0.25, -0.2) is 8.42 Å². The Labute approximate surface area is 216 Å². The van der Waals surface area contributed by atoms with Crippen molar-refractivity contribution in [2.45, 2.75) is 62.4 Å². The normalized spacial score (nSPS) is 23.2. The van der Waals surface area contributed by atoms with Gasteiger partial charge in [0.1, 0.15) is 0 Å². The molecule has 0 amide bonds. The van der Waals surface area contributed by atoms with Crippen molar-refractivity contribution in [2.24, 2.45) is 0 Å². The van der Waals surface area contributed by atoms with E-state index in [0.717, 1.165) is 41.6 Å². The third-order valence-corrected chi connectivity index (χ3v) is 8.85. The van der Waals surface area contributed by atoms with Crippen molar-refractivity contribution in [1.82, 2.24) is 5.32 Å². The van der Waals surface area contributed by atoms with Gasteiger partial charge in [0.2, 0.25) is 0 Å². The molecule has 0 radical (unpaired) electrons. The molecule has 1 N–H and O–H groups in total. The molecule has 2 aromatic rings. The second-order valence-electron chi connectivity index (χ2n) is 11.1. The molecule has 3 heterocycles. The highest BCUT2D eigenvalue weighted by Crippen LogP contribution is 2.44. The molecular formula is C27H32F3N3O3S. The lowest BCUT2D eigenvalue weighted by Crippen LogP contribution is -2.59. The van der Waals surface area contributed by atoms with Gasteiger partial charge < -0.3 is 15.0 Å². The molecule has 3 aliphatic rings. The maximum Gasteiger partial charge on any atom is 0.416 e. The molecule has 0 saturated carbocycles. The molecule has 5 rings (SSSR count). The zero-order valence-corrected chi connectivity index (χ0v) is 22.2. The van der Waals surface area contributed by atoms with E-state index in [-0.39, 0.29) is 17.5 Å². The van der Waals surface area contributed by atoms with Crippen molar-refractivity contribution in [3.05, 3.63) is 59.7 Å². The first kappa shape index (κ1) is 26.1. The van der Waals surface area contributed by atoms with E-state index in [2.05, 4.69) is 16.3 Å². The van der Waals surface area contributed by atoms with Crippen LogP contribution >= 0.6 is 0 Å². The van der Waals surface area contributed by atoms with Crippen LogP contribution in [0.3, 0.4) is 0 Å². The Bertz CT molecular complexity index is 1350. The first-order valence-electron chi connectivity index (χ1n) is 12.4. The van der Waals surface area contributed by atoms with E-state index in [1.165, 1.54) is 10.4 Å². The quantitative estimate of drug-likeness (QED) is 0.596. The summed E-state index contributed by atoms with van der Waals surface area (Å²) < 4.78 is 75.4. The number of nitrogens with zero attached hydrogens (tertiary/aromatic N) is 2. The van der Waals surface area contributed by atoms with Gasteiger partial charge in [-0.05, 0) is 75.2 Å². The van der Waals surface area contributed by atoms with E-state index in [4.69, 9.17) is 4.74 Å². The molecule has 0 aliphatic carbocycles. The Balaban J connectivity index is 1.63. The summed E-state index contributed by atoms with van der Waals surface area (Å²) in [4.78, 5) is 1.82. The van der Waals surface area contributed by atoms with Crippen LogP contribution in [0, 0.1) is 0 Å². The lowest BCUT2D eigenvalue weighted by atomic mass is 9.85. The second kappa shape index (κ2) is 8.74. The first-order valence-corrected chi connectivity index (χ1v) is 13.8. The van der Waals surface area contributed by atoms with Gasteiger partial charge in [-0.1, -0.05) is 12.1 Å². The van der Waals surface area contributed by atoms with E-state index in [0.29, 0.717) is 25.2 Å². The summed E-state index contributed by atoms with van der Waals surface area (Å²) in [5.74, 6) is 0. The van der Waals surface area contributed by atoms with Crippen LogP contribution in [0.4, 0.5) is 24.5 Å². The van der Waals surface area contributed by atoms with Crippen LogP contribution in [0.25, 0.3) is 5.57 Å². The second-order valence-corrected chi connectivity index (χ2v) is 13.0. The molecule has 0 spiro atoms. The summed E-state index contributed by atoms with van der Waals surface area (Å²) in [6, 6.07) is 9.64. The van der Waals surface area contributed by atoms with Gasteiger partial charge in [0.15, 0.2) is 0 Å². The minimum Gasteiger partial charge on any atom is -0.365 e. The van der Waals surface area contributed by atoms with Crippen molar-refractivity contribution >= 4 is 27.0 Å². The highest BCUT2D eigenvalue weighted by Gasteiger charge is 2.40. The van der Waals surface area contributed by atoms with Crippen LogP contribution in [0.15, 0.2) is 53.4 Å². The third-order valence-electron chi connectivity index (χ3n) is 7.08. The van der Waals surface area contributed by atoms with Crippen molar-refractivity contribution < 1.29 is 26.3 Å². The summed E-state index contributed by atoms with van der Waals surface area (Å²) in [6.45, 7) is 10.2. The van der Waals surface area contributed by atoms with E-state index in [9.17, 15) is 21.6 Å². The Morgan fingerprint density at radius 1 is 1.05 bits per heavy atom. The topological polar surface area (TPSA) is 61.9 Å². The van der Waals surface area contributed by atoms with Crippen LogP contribution in [-0.2, 0) is 20.9 Å². The minimum atomic E-state index is -4.64. The SMILES string of the molecule is CC1(C)C=C(c2ccc3c(c2)N(S(=O)(=O)c2cccc(C(F)(F)F)c2)C[C@@H]2CNCCN32)CC(C)(C)O1. The third kappa shape index (κ3) is 4.98. The number of ether oxygens (including phenoxy) is 1. The van der Waals surface area contributed by atoms with Crippen LogP contribution in [0.2, 0.25) is 0 Å². The van der Waals surface area contributed by atoms with E-state index in [1.807, 2.05) is 45.9 Å². The standard InChI is InChI=1S/C27H32F3N3O3S/c1-25(2)14-19(15-26(3,4)36-25)18-8-9-23-24(12-18)33(17-21-16-31-10-11-32(21)23)37(34,35)22-7-5-6-20(13-22)27(28,29)30/h5-9,12-14,21,31H,10-11,15-17H2,1-4H3/t21-/m0/s1. The summed E-state index contributed by atoms with van der Waals surface area (Å²) >= 11 is 0. The minimum absolute atomic E-state index is 0.132. The number of hydrogen-bond acceptors (Lipinski definition) is 5. The van der Waals surface area contributed by atoms with Gasteiger partial charge in [0.25, 0.3) is 10.0 Å². The molecular weight excluding hydrogens is 503 g/mol.